The van der Waals surface area contributed by atoms with E-state index in [-0.39, 0.29) is 19.8 Å². The lowest BCUT2D eigenvalue weighted by atomic mass is 9.98. The van der Waals surface area contributed by atoms with E-state index >= 15 is 4.39 Å². The van der Waals surface area contributed by atoms with Gasteiger partial charge in [-0.3, -0.25) is 0 Å². The molecule has 0 aliphatic carbocycles. The molecular formula is C23H26FNO5. The molecule has 0 saturated heterocycles. The third-order valence-electron chi connectivity index (χ3n) is 4.39. The fourth-order valence-electron chi connectivity index (χ4n) is 3.18. The summed E-state index contributed by atoms with van der Waals surface area (Å²) in [6.45, 7) is 5.35. The van der Waals surface area contributed by atoms with Gasteiger partial charge in [0.05, 0.1) is 6.61 Å². The number of halogens is 1. The van der Waals surface area contributed by atoms with E-state index in [4.69, 9.17) is 13.9 Å². The second-order valence-corrected chi connectivity index (χ2v) is 8.00. The maximum Gasteiger partial charge on any atom is 0.407 e. The summed E-state index contributed by atoms with van der Waals surface area (Å²) < 4.78 is 31.5. The Hall–Kier alpha value is -2.90. The molecular weight excluding hydrogens is 389 g/mol. The average molecular weight is 415 g/mol. The van der Waals surface area contributed by atoms with Crippen LogP contribution in [0.4, 0.5) is 9.18 Å². The summed E-state index contributed by atoms with van der Waals surface area (Å²) >= 11 is 0. The highest BCUT2D eigenvalue weighted by molar-refractivity contribution is 5.94. The predicted molar refractivity (Wildman–Crippen MR) is 111 cm³/mol. The molecule has 6 nitrogen and oxygen atoms in total. The lowest BCUT2D eigenvalue weighted by molar-refractivity contribution is 0.0523. The summed E-state index contributed by atoms with van der Waals surface area (Å²) in [6.07, 6.45) is -0.618. The number of rotatable bonds is 6. The lowest BCUT2D eigenvalue weighted by Crippen LogP contribution is -2.32. The number of alkyl carbamates (subject to hydrolysis) is 1. The molecule has 3 rings (SSSR count). The highest BCUT2D eigenvalue weighted by atomic mass is 19.1. The van der Waals surface area contributed by atoms with Gasteiger partial charge in [0.15, 0.2) is 0 Å². The van der Waals surface area contributed by atoms with Crippen LogP contribution >= 0.6 is 0 Å². The normalized spacial score (nSPS) is 11.7. The van der Waals surface area contributed by atoms with E-state index in [9.17, 15) is 9.90 Å². The summed E-state index contributed by atoms with van der Waals surface area (Å²) in [7, 11) is 1.56. The van der Waals surface area contributed by atoms with E-state index in [0.717, 1.165) is 5.39 Å². The van der Waals surface area contributed by atoms with Gasteiger partial charge >= 0.3 is 6.09 Å². The standard InChI is InChI=1S/C23H26FNO5/c1-23(2,3)30-22(27)25-11-15-6-5-7-18(20(15)24)19-9-14(12-26)8-16-10-17(13-28-4)29-21(16)19/h5-10,26H,11-13H2,1-4H3,(H,25,27). The molecule has 0 atom stereocenters. The van der Waals surface area contributed by atoms with Crippen LogP contribution in [0.25, 0.3) is 22.1 Å². The number of ether oxygens (including phenoxy) is 2. The van der Waals surface area contributed by atoms with Gasteiger partial charge in [-0.1, -0.05) is 18.2 Å². The number of hydrogen-bond acceptors (Lipinski definition) is 5. The molecule has 1 aromatic heterocycles. The Labute approximate surface area is 174 Å². The number of aliphatic hydroxyl groups is 1. The number of methoxy groups -OCH3 is 1. The van der Waals surface area contributed by atoms with Crippen molar-refractivity contribution in [2.45, 2.75) is 46.1 Å². The number of furan rings is 1. The second-order valence-electron chi connectivity index (χ2n) is 8.00. The Morgan fingerprint density at radius 2 is 1.97 bits per heavy atom. The van der Waals surface area contributed by atoms with E-state index in [2.05, 4.69) is 5.32 Å². The van der Waals surface area contributed by atoms with Crippen LogP contribution < -0.4 is 5.32 Å². The molecule has 30 heavy (non-hydrogen) atoms. The van der Waals surface area contributed by atoms with Crippen molar-refractivity contribution in [3.05, 3.63) is 59.1 Å². The number of aliphatic hydroxyl groups excluding tert-OH is 1. The van der Waals surface area contributed by atoms with Crippen molar-refractivity contribution in [2.24, 2.45) is 0 Å². The van der Waals surface area contributed by atoms with Crippen molar-refractivity contribution in [3.8, 4) is 11.1 Å². The molecule has 0 radical (unpaired) electrons. The van der Waals surface area contributed by atoms with E-state index in [1.165, 1.54) is 0 Å². The monoisotopic (exact) mass is 415 g/mol. The number of nitrogens with one attached hydrogen (secondary N) is 1. The third kappa shape index (κ3) is 4.98. The quantitative estimate of drug-likeness (QED) is 0.598. The highest BCUT2D eigenvalue weighted by Crippen LogP contribution is 2.35. The van der Waals surface area contributed by atoms with Crippen molar-refractivity contribution in [1.29, 1.82) is 0 Å². The topological polar surface area (TPSA) is 80.9 Å². The summed E-state index contributed by atoms with van der Waals surface area (Å²) in [6, 6.07) is 10.3. The minimum atomic E-state index is -0.639. The van der Waals surface area contributed by atoms with Gasteiger partial charge in [-0.2, -0.15) is 0 Å². The minimum Gasteiger partial charge on any atom is -0.458 e. The molecule has 1 heterocycles. The number of hydrogen-bond donors (Lipinski definition) is 2. The molecule has 2 N–H and O–H groups in total. The van der Waals surface area contributed by atoms with Crippen LogP contribution in [-0.2, 0) is 29.2 Å². The van der Waals surface area contributed by atoms with Crippen LogP contribution in [0, 0.1) is 5.82 Å². The van der Waals surface area contributed by atoms with Gasteiger partial charge in [-0.25, -0.2) is 9.18 Å². The first-order valence-corrected chi connectivity index (χ1v) is 9.61. The van der Waals surface area contributed by atoms with Crippen molar-refractivity contribution < 1.29 is 28.2 Å². The average Bonchev–Trinajstić information content (AvgIpc) is 3.08. The zero-order valence-electron chi connectivity index (χ0n) is 17.5. The van der Waals surface area contributed by atoms with Crippen LogP contribution in [-0.4, -0.2) is 23.9 Å². The Morgan fingerprint density at radius 3 is 2.63 bits per heavy atom. The SMILES string of the molecule is COCc1cc2cc(CO)cc(-c3cccc(CNC(=O)OC(C)(C)C)c3F)c2o1. The van der Waals surface area contributed by atoms with Crippen LogP contribution in [0.5, 0.6) is 0 Å². The predicted octanol–water partition coefficient (Wildman–Crippen LogP) is 4.90. The maximum atomic E-state index is 15.3. The molecule has 2 aromatic carbocycles. The van der Waals surface area contributed by atoms with Crippen LogP contribution in [0.15, 0.2) is 40.8 Å². The Bertz CT molecular complexity index is 1050. The number of fused-ring (bicyclic) bond motifs is 1. The molecule has 0 spiro atoms. The maximum absolute atomic E-state index is 15.3. The largest absolute Gasteiger partial charge is 0.458 e. The van der Waals surface area contributed by atoms with Gasteiger partial charge < -0.3 is 24.3 Å². The highest BCUT2D eigenvalue weighted by Gasteiger charge is 2.19. The number of benzene rings is 2. The summed E-state index contributed by atoms with van der Waals surface area (Å²) in [5.41, 5.74) is 1.66. The van der Waals surface area contributed by atoms with Crippen LogP contribution in [0.3, 0.4) is 0 Å². The zero-order chi connectivity index (χ0) is 21.9. The van der Waals surface area contributed by atoms with Crippen molar-refractivity contribution in [3.63, 3.8) is 0 Å². The van der Waals surface area contributed by atoms with Crippen LogP contribution in [0.1, 0.15) is 37.7 Å². The summed E-state index contributed by atoms with van der Waals surface area (Å²) in [5, 5.41) is 13.0. The minimum absolute atomic E-state index is 0.0233. The Kier molecular flexibility index (Phi) is 6.43. The number of carbonyl (C=O) groups is 1. The van der Waals surface area contributed by atoms with E-state index in [1.807, 2.05) is 6.07 Å². The van der Waals surface area contributed by atoms with E-state index in [0.29, 0.717) is 33.6 Å². The molecule has 1 amide bonds. The lowest BCUT2D eigenvalue weighted by Gasteiger charge is -2.20. The van der Waals surface area contributed by atoms with Crippen molar-refractivity contribution >= 4 is 17.1 Å². The van der Waals surface area contributed by atoms with E-state index < -0.39 is 17.5 Å². The fourth-order valence-corrected chi connectivity index (χ4v) is 3.18. The smallest absolute Gasteiger partial charge is 0.407 e. The molecule has 0 bridgehead atoms. The number of carbonyl (C=O) groups excluding carboxylic acids is 1. The summed E-state index contributed by atoms with van der Waals surface area (Å²) in [4.78, 5) is 11.9. The summed E-state index contributed by atoms with van der Waals surface area (Å²) in [5.74, 6) is 0.127. The first-order valence-electron chi connectivity index (χ1n) is 9.61. The van der Waals surface area contributed by atoms with Gasteiger partial charge in [-0.05, 0) is 44.5 Å². The Morgan fingerprint density at radius 1 is 1.20 bits per heavy atom. The third-order valence-corrected chi connectivity index (χ3v) is 4.39. The Balaban J connectivity index is 1.97. The zero-order valence-corrected chi connectivity index (χ0v) is 17.5. The molecule has 0 aliphatic rings. The molecule has 0 fully saturated rings. The molecule has 0 unspecified atom stereocenters. The first kappa shape index (κ1) is 21.8. The fraction of sp³-hybridized carbons (Fsp3) is 0.348. The van der Waals surface area contributed by atoms with E-state index in [1.54, 1.807) is 58.2 Å². The number of amides is 1. The van der Waals surface area contributed by atoms with Gasteiger partial charge in [0.1, 0.15) is 29.4 Å². The van der Waals surface area contributed by atoms with Gasteiger partial charge in [-0.15, -0.1) is 0 Å². The van der Waals surface area contributed by atoms with Crippen molar-refractivity contribution in [1.82, 2.24) is 5.32 Å². The van der Waals surface area contributed by atoms with Crippen molar-refractivity contribution in [2.75, 3.05) is 7.11 Å². The van der Waals surface area contributed by atoms with Gasteiger partial charge in [0.25, 0.3) is 0 Å². The van der Waals surface area contributed by atoms with Gasteiger partial charge in [0.2, 0.25) is 0 Å². The second kappa shape index (κ2) is 8.85. The molecule has 0 aliphatic heterocycles. The van der Waals surface area contributed by atoms with Gasteiger partial charge in [0, 0.05) is 35.7 Å². The first-order chi connectivity index (χ1) is 14.2. The van der Waals surface area contributed by atoms with Crippen LogP contribution in [0.2, 0.25) is 0 Å². The molecule has 160 valence electrons. The molecule has 3 aromatic rings. The molecule has 0 saturated carbocycles. The molecule has 7 heteroatoms.